The highest BCUT2D eigenvalue weighted by molar-refractivity contribution is 9.10. The molecule has 0 radical (unpaired) electrons. The van der Waals surface area contributed by atoms with E-state index < -0.39 is 6.85 Å². The minimum atomic E-state index is -2.31. The number of hydrogen-bond acceptors (Lipinski definition) is 2. The molecule has 4 heteroatoms. The SMILES string of the molecule is [2H]C([2H])([2H])c1nc(Cl)cc(Br)n1. The van der Waals surface area contributed by atoms with Crippen LogP contribution in [0.15, 0.2) is 10.7 Å². The summed E-state index contributed by atoms with van der Waals surface area (Å²) in [5.74, 6) is -0.248. The number of nitrogens with zero attached hydrogens (tertiary/aromatic N) is 2. The van der Waals surface area contributed by atoms with Crippen molar-refractivity contribution in [2.24, 2.45) is 0 Å². The van der Waals surface area contributed by atoms with Crippen LogP contribution in [0, 0.1) is 6.85 Å². The standard InChI is InChI=1S/C5H4BrClN2/c1-3-8-4(6)2-5(7)9-3/h2H,1H3/i1D3. The average molecular weight is 210 g/mol. The van der Waals surface area contributed by atoms with E-state index in [0.717, 1.165) is 0 Å². The van der Waals surface area contributed by atoms with Crippen LogP contribution < -0.4 is 0 Å². The minimum Gasteiger partial charge on any atom is -0.226 e. The zero-order valence-corrected chi connectivity index (χ0v) is 6.57. The molecule has 0 aliphatic rings. The molecular weight excluding hydrogens is 203 g/mol. The minimum absolute atomic E-state index is 0.114. The molecule has 0 bridgehead atoms. The molecule has 0 aromatic carbocycles. The van der Waals surface area contributed by atoms with Gasteiger partial charge in [-0.1, -0.05) is 11.6 Å². The first-order chi connectivity index (χ1) is 5.39. The Hall–Kier alpha value is -0.150. The molecule has 1 aromatic rings. The van der Waals surface area contributed by atoms with Gasteiger partial charge in [-0.15, -0.1) is 0 Å². The van der Waals surface area contributed by atoms with E-state index in [2.05, 4.69) is 25.9 Å². The summed E-state index contributed by atoms with van der Waals surface area (Å²) in [5.41, 5.74) is 0. The summed E-state index contributed by atoms with van der Waals surface area (Å²) >= 11 is 8.54. The number of hydrogen-bond donors (Lipinski definition) is 0. The van der Waals surface area contributed by atoms with Crippen LogP contribution >= 0.6 is 27.5 Å². The van der Waals surface area contributed by atoms with Gasteiger partial charge in [-0.3, -0.25) is 0 Å². The number of aromatic nitrogens is 2. The van der Waals surface area contributed by atoms with Crippen molar-refractivity contribution in [3.05, 3.63) is 21.6 Å². The molecule has 0 saturated heterocycles. The van der Waals surface area contributed by atoms with Gasteiger partial charge >= 0.3 is 0 Å². The second-order valence-corrected chi connectivity index (χ2v) is 2.54. The number of halogens is 2. The zero-order valence-electron chi connectivity index (χ0n) is 7.23. The highest BCUT2D eigenvalue weighted by Gasteiger charge is 1.93. The van der Waals surface area contributed by atoms with Crippen LogP contribution in [0.3, 0.4) is 0 Å². The molecule has 2 nitrogen and oxygen atoms in total. The summed E-state index contributed by atoms with van der Waals surface area (Å²) in [6.07, 6.45) is 0. The van der Waals surface area contributed by atoms with E-state index >= 15 is 0 Å². The molecule has 0 spiro atoms. The second-order valence-electron chi connectivity index (χ2n) is 1.34. The van der Waals surface area contributed by atoms with Crippen LogP contribution in [0.1, 0.15) is 9.94 Å². The lowest BCUT2D eigenvalue weighted by atomic mass is 10.6. The quantitative estimate of drug-likeness (QED) is 0.614. The molecule has 0 aliphatic heterocycles. The normalized spacial score (nSPS) is 16.0. The fraction of sp³-hybridized carbons (Fsp3) is 0.200. The van der Waals surface area contributed by atoms with Gasteiger partial charge in [0.05, 0.1) is 0 Å². The smallest absolute Gasteiger partial charge is 0.133 e. The number of aryl methyl sites for hydroxylation is 1. The molecule has 9 heavy (non-hydrogen) atoms. The van der Waals surface area contributed by atoms with E-state index in [1.165, 1.54) is 6.07 Å². The Balaban J connectivity index is 3.18. The summed E-state index contributed by atoms with van der Waals surface area (Å²) in [7, 11) is 0. The molecule has 1 rings (SSSR count). The van der Waals surface area contributed by atoms with Crippen LogP contribution in [0.2, 0.25) is 5.15 Å². The first kappa shape index (κ1) is 3.88. The maximum Gasteiger partial charge on any atom is 0.133 e. The lowest BCUT2D eigenvalue weighted by Gasteiger charge is -1.92. The van der Waals surface area contributed by atoms with Gasteiger partial charge < -0.3 is 0 Å². The van der Waals surface area contributed by atoms with Crippen LogP contribution in [-0.2, 0) is 0 Å². The van der Waals surface area contributed by atoms with E-state index in [9.17, 15) is 0 Å². The van der Waals surface area contributed by atoms with Crippen molar-refractivity contribution in [2.45, 2.75) is 6.85 Å². The van der Waals surface area contributed by atoms with Gasteiger partial charge in [0.1, 0.15) is 15.6 Å². The Morgan fingerprint density at radius 3 is 3.11 bits per heavy atom. The Labute approximate surface area is 70.6 Å². The highest BCUT2D eigenvalue weighted by atomic mass is 79.9. The lowest BCUT2D eigenvalue weighted by molar-refractivity contribution is 1.03. The summed E-state index contributed by atoms with van der Waals surface area (Å²) in [6, 6.07) is 1.43. The van der Waals surface area contributed by atoms with Crippen molar-refractivity contribution in [1.29, 1.82) is 0 Å². The first-order valence-corrected chi connectivity index (χ1v) is 3.27. The summed E-state index contributed by atoms with van der Waals surface area (Å²) < 4.78 is 21.4. The molecule has 0 atom stereocenters. The summed E-state index contributed by atoms with van der Waals surface area (Å²) in [5, 5.41) is 0.114. The molecule has 1 aromatic heterocycles. The third kappa shape index (κ3) is 1.91. The van der Waals surface area contributed by atoms with E-state index in [0.29, 0.717) is 4.60 Å². The van der Waals surface area contributed by atoms with Crippen LogP contribution in [-0.4, -0.2) is 9.97 Å². The Bertz CT molecular complexity index is 281. The lowest BCUT2D eigenvalue weighted by Crippen LogP contribution is -1.86. The Morgan fingerprint density at radius 1 is 1.78 bits per heavy atom. The monoisotopic (exact) mass is 209 g/mol. The Morgan fingerprint density at radius 2 is 2.56 bits per heavy atom. The summed E-state index contributed by atoms with van der Waals surface area (Å²) in [6.45, 7) is -2.31. The van der Waals surface area contributed by atoms with Crippen molar-refractivity contribution >= 4 is 27.5 Å². The van der Waals surface area contributed by atoms with Gasteiger partial charge in [-0.25, -0.2) is 9.97 Å². The average Bonchev–Trinajstić information content (AvgIpc) is 1.82. The molecule has 0 N–H and O–H groups in total. The molecule has 0 saturated carbocycles. The molecule has 0 amide bonds. The predicted molar refractivity (Wildman–Crippen MR) is 39.5 cm³/mol. The van der Waals surface area contributed by atoms with Crippen molar-refractivity contribution in [2.75, 3.05) is 0 Å². The van der Waals surface area contributed by atoms with E-state index in [-0.39, 0.29) is 11.0 Å². The zero-order chi connectivity index (χ0) is 9.35. The van der Waals surface area contributed by atoms with Gasteiger partial charge in [-0.2, -0.15) is 0 Å². The van der Waals surface area contributed by atoms with Crippen molar-refractivity contribution in [1.82, 2.24) is 9.97 Å². The van der Waals surface area contributed by atoms with Crippen LogP contribution in [0.25, 0.3) is 0 Å². The molecule has 0 fully saturated rings. The Kier molecular flexibility index (Phi) is 1.13. The maximum absolute atomic E-state index is 7.00. The van der Waals surface area contributed by atoms with Gasteiger partial charge in [0.25, 0.3) is 0 Å². The molecular formula is C5H4BrClN2. The molecule has 1 heterocycles. The van der Waals surface area contributed by atoms with E-state index in [1.54, 1.807) is 0 Å². The van der Waals surface area contributed by atoms with Gasteiger partial charge in [0.15, 0.2) is 0 Å². The molecule has 0 unspecified atom stereocenters. The van der Waals surface area contributed by atoms with Gasteiger partial charge in [-0.05, 0) is 22.8 Å². The highest BCUT2D eigenvalue weighted by Crippen LogP contribution is 2.11. The van der Waals surface area contributed by atoms with Crippen LogP contribution in [0.4, 0.5) is 0 Å². The molecule has 0 aliphatic carbocycles. The summed E-state index contributed by atoms with van der Waals surface area (Å²) in [4.78, 5) is 7.23. The van der Waals surface area contributed by atoms with E-state index in [4.69, 9.17) is 15.7 Å². The number of rotatable bonds is 0. The van der Waals surface area contributed by atoms with Gasteiger partial charge in [0.2, 0.25) is 0 Å². The van der Waals surface area contributed by atoms with Crippen molar-refractivity contribution in [3.8, 4) is 0 Å². The maximum atomic E-state index is 7.00. The largest absolute Gasteiger partial charge is 0.226 e. The van der Waals surface area contributed by atoms with Crippen LogP contribution in [0.5, 0.6) is 0 Å². The second kappa shape index (κ2) is 2.62. The third-order valence-corrected chi connectivity index (χ3v) is 1.26. The van der Waals surface area contributed by atoms with Crippen molar-refractivity contribution < 1.29 is 4.11 Å². The van der Waals surface area contributed by atoms with E-state index in [1.807, 2.05) is 0 Å². The predicted octanol–water partition coefficient (Wildman–Crippen LogP) is 2.20. The fourth-order valence-corrected chi connectivity index (χ4v) is 1.09. The third-order valence-electron chi connectivity index (χ3n) is 0.664. The topological polar surface area (TPSA) is 25.8 Å². The fourth-order valence-electron chi connectivity index (χ4n) is 0.390. The first-order valence-electron chi connectivity index (χ1n) is 3.60. The molecule has 48 valence electrons. The van der Waals surface area contributed by atoms with Gasteiger partial charge in [0, 0.05) is 10.2 Å². The van der Waals surface area contributed by atoms with Crippen molar-refractivity contribution in [3.63, 3.8) is 0 Å².